The van der Waals surface area contributed by atoms with Gasteiger partial charge in [0.2, 0.25) is 0 Å². The van der Waals surface area contributed by atoms with E-state index in [2.05, 4.69) is 27.5 Å². The molecule has 0 radical (unpaired) electrons. The number of hydrogen-bond donors (Lipinski definition) is 3. The molecule has 2 fully saturated rings. The van der Waals surface area contributed by atoms with E-state index in [4.69, 9.17) is 0 Å². The average molecular weight is 452 g/mol. The first-order chi connectivity index (χ1) is 16.0. The Bertz CT molecular complexity index is 1050. The van der Waals surface area contributed by atoms with Crippen molar-refractivity contribution in [3.63, 3.8) is 0 Å². The van der Waals surface area contributed by atoms with Crippen molar-refractivity contribution in [2.24, 2.45) is 0 Å². The highest BCUT2D eigenvalue weighted by Crippen LogP contribution is 2.34. The summed E-state index contributed by atoms with van der Waals surface area (Å²) in [6, 6.07) is 10.8. The maximum absolute atomic E-state index is 12.8. The van der Waals surface area contributed by atoms with E-state index in [0.717, 1.165) is 24.2 Å². The van der Waals surface area contributed by atoms with Gasteiger partial charge in [-0.3, -0.25) is 0 Å². The summed E-state index contributed by atoms with van der Waals surface area (Å²) < 4.78 is 12.8. The van der Waals surface area contributed by atoms with Crippen molar-refractivity contribution < 1.29 is 14.6 Å². The van der Waals surface area contributed by atoms with Crippen LogP contribution in [-0.4, -0.2) is 63.5 Å². The highest BCUT2D eigenvalue weighted by Gasteiger charge is 2.33. The molecule has 1 aromatic carbocycles. The van der Waals surface area contributed by atoms with Crippen LogP contribution in [0.2, 0.25) is 0 Å². The third-order valence-electron chi connectivity index (χ3n) is 7.11. The zero-order valence-corrected chi connectivity index (χ0v) is 18.7. The maximum atomic E-state index is 12.8. The van der Waals surface area contributed by atoms with Crippen molar-refractivity contribution in [2.45, 2.75) is 56.5 Å². The van der Waals surface area contributed by atoms with Crippen LogP contribution in [0.1, 0.15) is 37.7 Å². The highest BCUT2D eigenvalue weighted by molar-refractivity contribution is 5.79. The Morgan fingerprint density at radius 3 is 2.58 bits per heavy atom. The molecule has 3 aliphatic rings. The third-order valence-corrected chi connectivity index (χ3v) is 7.11. The Kier molecular flexibility index (Phi) is 6.03. The van der Waals surface area contributed by atoms with Crippen LogP contribution >= 0.6 is 0 Å². The van der Waals surface area contributed by atoms with E-state index < -0.39 is 13.0 Å². The number of nitrogens with one attached hydrogen (secondary N) is 1. The molecule has 3 aliphatic heterocycles. The summed E-state index contributed by atoms with van der Waals surface area (Å²) in [7, 11) is 2.09. The van der Waals surface area contributed by atoms with Crippen molar-refractivity contribution in [3.05, 3.63) is 54.2 Å². The molecule has 33 heavy (non-hydrogen) atoms. The Morgan fingerprint density at radius 1 is 1.15 bits per heavy atom. The topological polar surface area (TPSA) is 84.8 Å². The lowest BCUT2D eigenvalue weighted by atomic mass is 9.83. The molecule has 0 amide bonds. The van der Waals surface area contributed by atoms with Crippen LogP contribution in [0.15, 0.2) is 48.7 Å². The molecule has 2 bridgehead atoms. The molecule has 0 aliphatic carbocycles. The number of aromatic hydroxyl groups is 1. The van der Waals surface area contributed by atoms with Gasteiger partial charge < -0.3 is 25.3 Å². The first-order valence-electron chi connectivity index (χ1n) is 11.6. The average Bonchev–Trinajstić information content (AvgIpc) is 2.83. The molecule has 5 rings (SSSR count). The number of aliphatic hydroxyl groups is 1. The molecule has 1 aromatic heterocycles. The molecule has 174 valence electrons. The molecule has 4 atom stereocenters. The second-order valence-corrected chi connectivity index (χ2v) is 9.22. The van der Waals surface area contributed by atoms with Gasteiger partial charge in [0.15, 0.2) is 12.6 Å². The molecule has 2 saturated heterocycles. The largest absolute Gasteiger partial charge is 0.507 e. The first-order valence-corrected chi connectivity index (χ1v) is 11.6. The Morgan fingerprint density at radius 2 is 1.94 bits per heavy atom. The summed E-state index contributed by atoms with van der Waals surface area (Å²) in [4.78, 5) is 3.40. The van der Waals surface area contributed by atoms with Crippen LogP contribution in [0.5, 0.6) is 5.75 Å². The Hall–Kier alpha value is -2.97. The van der Waals surface area contributed by atoms with Gasteiger partial charge in [-0.2, -0.15) is 0 Å². The zero-order valence-electron chi connectivity index (χ0n) is 18.7. The van der Waals surface area contributed by atoms with Gasteiger partial charge in [0.05, 0.1) is 5.69 Å². The van der Waals surface area contributed by atoms with Gasteiger partial charge in [0.25, 0.3) is 0 Å². The number of hydrogen-bond acceptors (Lipinski definition) is 7. The molecule has 8 heteroatoms. The van der Waals surface area contributed by atoms with Crippen molar-refractivity contribution in [3.8, 4) is 17.0 Å². The van der Waals surface area contributed by atoms with Gasteiger partial charge in [-0.1, -0.05) is 12.5 Å². The number of phenols is 1. The number of nitrogens with zero attached hydrogens (tertiary/aromatic N) is 4. The van der Waals surface area contributed by atoms with Crippen LogP contribution in [0.25, 0.3) is 16.8 Å². The number of allylic oxidation sites excluding steroid dienone is 2. The van der Waals surface area contributed by atoms with Crippen molar-refractivity contribution in [1.82, 2.24) is 20.4 Å². The van der Waals surface area contributed by atoms with Gasteiger partial charge in [0.1, 0.15) is 12.0 Å². The molecule has 4 heterocycles. The summed E-state index contributed by atoms with van der Waals surface area (Å²) in [6.45, 7) is -0.770. The fraction of sp³-hybridized carbons (Fsp3) is 0.440. The summed E-state index contributed by atoms with van der Waals surface area (Å²) in [5.74, 6) is 0.912. The number of halogens is 1. The fourth-order valence-corrected chi connectivity index (χ4v) is 5.20. The second-order valence-electron chi connectivity index (χ2n) is 9.22. The van der Waals surface area contributed by atoms with E-state index in [0.29, 0.717) is 35.0 Å². The molecule has 0 spiro atoms. The predicted octanol–water partition coefficient (Wildman–Crippen LogP) is 3.42. The molecule has 2 aromatic rings. The first kappa shape index (κ1) is 21.9. The smallest absolute Gasteiger partial charge is 0.163 e. The van der Waals surface area contributed by atoms with E-state index in [1.54, 1.807) is 24.3 Å². The maximum Gasteiger partial charge on any atom is 0.163 e. The lowest BCUT2D eigenvalue weighted by Gasteiger charge is -2.43. The van der Waals surface area contributed by atoms with Crippen LogP contribution in [0, 0.1) is 0 Å². The minimum absolute atomic E-state index is 0.0748. The van der Waals surface area contributed by atoms with Gasteiger partial charge in [-0.25, -0.2) is 4.39 Å². The number of fused-ring (bicyclic) bond motifs is 2. The normalized spacial score (nSPS) is 26.8. The van der Waals surface area contributed by atoms with Crippen LogP contribution < -0.4 is 10.2 Å². The van der Waals surface area contributed by atoms with Crippen LogP contribution in [0.4, 0.5) is 10.2 Å². The molecular weight excluding hydrogens is 421 g/mol. The predicted molar refractivity (Wildman–Crippen MR) is 126 cm³/mol. The SMILES string of the molecule is CN(c1ccc(-c2ccc(C3=CC(O)N(CF)C=C3)cc2O)nn1)C1C[C@H]2CCC[C@@H](C1)N2. The molecule has 0 saturated carbocycles. The highest BCUT2D eigenvalue weighted by atomic mass is 19.1. The summed E-state index contributed by atoms with van der Waals surface area (Å²) in [6.07, 6.45) is 9.79. The second kappa shape index (κ2) is 9.11. The summed E-state index contributed by atoms with van der Waals surface area (Å²) in [5.41, 5.74) is 2.62. The molecule has 3 N–H and O–H groups in total. The monoisotopic (exact) mass is 451 g/mol. The van der Waals surface area contributed by atoms with Gasteiger partial charge in [-0.15, -0.1) is 10.2 Å². The Labute approximate surface area is 193 Å². The number of phenolic OH excluding ortho intramolecular Hbond substituents is 1. The van der Waals surface area contributed by atoms with E-state index >= 15 is 0 Å². The van der Waals surface area contributed by atoms with E-state index in [1.807, 2.05) is 18.2 Å². The van der Waals surface area contributed by atoms with Crippen LogP contribution in [-0.2, 0) is 0 Å². The number of rotatable bonds is 5. The standard InChI is InChI=1S/C25H30FN5O2/c1-30(20-13-18-3-2-4-19(14-20)27-18)24-8-7-22(28-29-24)21-6-5-16(11-23(21)32)17-9-10-31(15-26)25(33)12-17/h5-12,18-20,25,27,32-33H,2-4,13-15H2,1H3/t18-,19+,20?,25?. The molecular formula is C25H30FN5O2. The Balaban J connectivity index is 1.31. The van der Waals surface area contributed by atoms with Crippen LogP contribution in [0.3, 0.4) is 0 Å². The van der Waals surface area contributed by atoms with Gasteiger partial charge >= 0.3 is 0 Å². The number of aromatic nitrogens is 2. The van der Waals surface area contributed by atoms with E-state index in [9.17, 15) is 14.6 Å². The van der Waals surface area contributed by atoms with E-state index in [-0.39, 0.29) is 5.75 Å². The van der Waals surface area contributed by atoms with Gasteiger partial charge in [0, 0.05) is 36.9 Å². The minimum atomic E-state index is -1.04. The number of aliphatic hydroxyl groups excluding tert-OH is 1. The van der Waals surface area contributed by atoms with Crippen molar-refractivity contribution >= 4 is 11.4 Å². The van der Waals surface area contributed by atoms with Crippen molar-refractivity contribution in [1.29, 1.82) is 0 Å². The number of benzene rings is 1. The fourth-order valence-electron chi connectivity index (χ4n) is 5.20. The summed E-state index contributed by atoms with van der Waals surface area (Å²) in [5, 5.41) is 33.2. The number of anilines is 1. The minimum Gasteiger partial charge on any atom is -0.507 e. The van der Waals surface area contributed by atoms with E-state index in [1.165, 1.54) is 30.4 Å². The third kappa shape index (κ3) is 4.45. The molecule has 2 unspecified atom stereocenters. The lowest BCUT2D eigenvalue weighted by molar-refractivity contribution is 0.0491. The van der Waals surface area contributed by atoms with Crippen molar-refractivity contribution in [2.75, 3.05) is 18.7 Å². The number of alkyl halides is 1. The quantitative estimate of drug-likeness (QED) is 0.601. The van der Waals surface area contributed by atoms with Gasteiger partial charge in [-0.05, 0) is 73.2 Å². The lowest BCUT2D eigenvalue weighted by Crippen LogP contribution is -2.54. The zero-order chi connectivity index (χ0) is 22.9. The number of piperidine rings is 2. The summed E-state index contributed by atoms with van der Waals surface area (Å²) >= 11 is 0. The molecule has 7 nitrogen and oxygen atoms in total.